The zero-order chi connectivity index (χ0) is 13.3. The van der Waals surface area contributed by atoms with Gasteiger partial charge in [-0.15, -0.1) is 0 Å². The summed E-state index contributed by atoms with van der Waals surface area (Å²) in [4.78, 5) is 2.43. The van der Waals surface area contributed by atoms with Crippen LogP contribution >= 0.6 is 11.6 Å². The molecule has 0 aromatic heterocycles. The molecule has 0 aliphatic carbocycles. The van der Waals surface area contributed by atoms with E-state index in [4.69, 9.17) is 11.6 Å². The lowest BCUT2D eigenvalue weighted by Crippen LogP contribution is -2.43. The SMILES string of the molecule is Cc1c(C)c(CN2CCNCC2)c(C)c(Cl)c1O. The van der Waals surface area contributed by atoms with Crippen molar-refractivity contribution in [3.63, 3.8) is 0 Å². The average molecular weight is 269 g/mol. The van der Waals surface area contributed by atoms with Crippen molar-refractivity contribution in [2.45, 2.75) is 27.3 Å². The second kappa shape index (κ2) is 5.47. The standard InChI is InChI=1S/C14H21ClN2O/c1-9-10(2)14(18)13(15)11(3)12(9)8-17-6-4-16-5-7-17/h16,18H,4-8H2,1-3H3. The zero-order valence-electron chi connectivity index (χ0n) is 11.3. The number of nitrogens with zero attached hydrogens (tertiary/aromatic N) is 1. The number of hydrogen-bond donors (Lipinski definition) is 2. The molecular weight excluding hydrogens is 248 g/mol. The number of phenols is 1. The Morgan fingerprint density at radius 1 is 1.11 bits per heavy atom. The number of phenolic OH excluding ortho intramolecular Hbond substituents is 1. The number of piperazine rings is 1. The molecule has 3 nitrogen and oxygen atoms in total. The normalized spacial score (nSPS) is 17.1. The van der Waals surface area contributed by atoms with E-state index in [1.165, 1.54) is 5.56 Å². The molecule has 0 atom stereocenters. The van der Waals surface area contributed by atoms with E-state index >= 15 is 0 Å². The van der Waals surface area contributed by atoms with Crippen LogP contribution in [0.3, 0.4) is 0 Å². The maximum Gasteiger partial charge on any atom is 0.137 e. The van der Waals surface area contributed by atoms with Crippen LogP contribution in [0.15, 0.2) is 0 Å². The number of nitrogens with one attached hydrogen (secondary N) is 1. The van der Waals surface area contributed by atoms with Crippen LogP contribution in [0, 0.1) is 20.8 Å². The largest absolute Gasteiger partial charge is 0.506 e. The minimum atomic E-state index is 0.232. The molecule has 0 unspecified atom stereocenters. The van der Waals surface area contributed by atoms with Crippen molar-refractivity contribution in [2.75, 3.05) is 26.2 Å². The van der Waals surface area contributed by atoms with E-state index < -0.39 is 0 Å². The fourth-order valence-electron chi connectivity index (χ4n) is 2.49. The predicted octanol–water partition coefficient (Wildman–Crippen LogP) is 2.38. The number of hydrogen-bond acceptors (Lipinski definition) is 3. The lowest BCUT2D eigenvalue weighted by Gasteiger charge is -2.29. The van der Waals surface area contributed by atoms with Gasteiger partial charge in [-0.05, 0) is 43.0 Å². The third kappa shape index (κ3) is 2.48. The highest BCUT2D eigenvalue weighted by Crippen LogP contribution is 2.36. The van der Waals surface area contributed by atoms with Gasteiger partial charge >= 0.3 is 0 Å². The summed E-state index contributed by atoms with van der Waals surface area (Å²) in [6.07, 6.45) is 0. The van der Waals surface area contributed by atoms with Crippen LogP contribution in [0.25, 0.3) is 0 Å². The molecule has 1 fully saturated rings. The van der Waals surface area contributed by atoms with Crippen LogP contribution in [0.5, 0.6) is 5.75 Å². The maximum atomic E-state index is 9.94. The fraction of sp³-hybridized carbons (Fsp3) is 0.571. The van der Waals surface area contributed by atoms with Gasteiger partial charge < -0.3 is 10.4 Å². The number of halogens is 1. The van der Waals surface area contributed by atoms with E-state index in [1.807, 2.05) is 13.8 Å². The van der Waals surface area contributed by atoms with E-state index in [9.17, 15) is 5.11 Å². The molecule has 1 aliphatic heterocycles. The minimum absolute atomic E-state index is 0.232. The smallest absolute Gasteiger partial charge is 0.137 e. The topological polar surface area (TPSA) is 35.5 Å². The van der Waals surface area contributed by atoms with Crippen molar-refractivity contribution < 1.29 is 5.11 Å². The zero-order valence-corrected chi connectivity index (χ0v) is 12.1. The van der Waals surface area contributed by atoms with E-state index in [0.29, 0.717) is 5.02 Å². The monoisotopic (exact) mass is 268 g/mol. The van der Waals surface area contributed by atoms with Gasteiger partial charge in [-0.25, -0.2) is 0 Å². The first-order valence-electron chi connectivity index (χ1n) is 6.42. The van der Waals surface area contributed by atoms with E-state index in [1.54, 1.807) is 0 Å². The summed E-state index contributed by atoms with van der Waals surface area (Å²) in [5.74, 6) is 0.232. The number of aromatic hydroxyl groups is 1. The van der Waals surface area contributed by atoms with Gasteiger partial charge in [0.2, 0.25) is 0 Å². The fourth-order valence-corrected chi connectivity index (χ4v) is 2.75. The van der Waals surface area contributed by atoms with Crippen molar-refractivity contribution in [1.82, 2.24) is 10.2 Å². The summed E-state index contributed by atoms with van der Waals surface area (Å²) in [6.45, 7) is 11.1. The van der Waals surface area contributed by atoms with Crippen LogP contribution in [0.2, 0.25) is 5.02 Å². The molecule has 0 saturated carbocycles. The lowest BCUT2D eigenvalue weighted by molar-refractivity contribution is 0.232. The molecule has 1 aliphatic rings. The van der Waals surface area contributed by atoms with Crippen molar-refractivity contribution in [3.05, 3.63) is 27.3 Å². The van der Waals surface area contributed by atoms with Gasteiger partial charge in [-0.3, -0.25) is 4.90 Å². The molecule has 0 radical (unpaired) electrons. The highest BCUT2D eigenvalue weighted by molar-refractivity contribution is 6.33. The summed E-state index contributed by atoms with van der Waals surface area (Å²) in [5, 5.41) is 13.8. The lowest BCUT2D eigenvalue weighted by atomic mass is 9.96. The van der Waals surface area contributed by atoms with Gasteiger partial charge in [0.1, 0.15) is 5.75 Å². The molecule has 1 aromatic rings. The van der Waals surface area contributed by atoms with Gasteiger partial charge in [0.05, 0.1) is 5.02 Å². The number of benzene rings is 1. The molecule has 2 N–H and O–H groups in total. The van der Waals surface area contributed by atoms with Crippen molar-refractivity contribution in [1.29, 1.82) is 0 Å². The van der Waals surface area contributed by atoms with Gasteiger partial charge in [0.25, 0.3) is 0 Å². The Morgan fingerprint density at radius 2 is 1.72 bits per heavy atom. The molecule has 0 spiro atoms. The molecule has 1 aromatic carbocycles. The Balaban J connectivity index is 2.32. The first-order valence-corrected chi connectivity index (χ1v) is 6.80. The molecule has 1 saturated heterocycles. The quantitative estimate of drug-likeness (QED) is 0.865. The van der Waals surface area contributed by atoms with E-state index in [2.05, 4.69) is 17.1 Å². The summed E-state index contributed by atoms with van der Waals surface area (Å²) in [7, 11) is 0. The third-order valence-corrected chi connectivity index (χ3v) is 4.41. The van der Waals surface area contributed by atoms with Crippen LogP contribution in [0.4, 0.5) is 0 Å². The van der Waals surface area contributed by atoms with Gasteiger partial charge in [-0.2, -0.15) is 0 Å². The Morgan fingerprint density at radius 3 is 2.33 bits per heavy atom. The van der Waals surface area contributed by atoms with Crippen LogP contribution in [-0.4, -0.2) is 36.2 Å². The Kier molecular flexibility index (Phi) is 4.15. The molecule has 100 valence electrons. The first-order chi connectivity index (χ1) is 8.52. The van der Waals surface area contributed by atoms with E-state index in [-0.39, 0.29) is 5.75 Å². The highest BCUT2D eigenvalue weighted by atomic mass is 35.5. The summed E-state index contributed by atoms with van der Waals surface area (Å²) >= 11 is 6.20. The highest BCUT2D eigenvalue weighted by Gasteiger charge is 2.18. The summed E-state index contributed by atoms with van der Waals surface area (Å²) in [6, 6.07) is 0. The average Bonchev–Trinajstić information content (AvgIpc) is 2.40. The van der Waals surface area contributed by atoms with Gasteiger partial charge in [0.15, 0.2) is 0 Å². The van der Waals surface area contributed by atoms with Crippen LogP contribution in [-0.2, 0) is 6.54 Å². The minimum Gasteiger partial charge on any atom is -0.506 e. The second-order valence-corrected chi connectivity index (χ2v) is 5.42. The van der Waals surface area contributed by atoms with Crippen LogP contribution < -0.4 is 5.32 Å². The second-order valence-electron chi connectivity index (χ2n) is 5.04. The molecule has 18 heavy (non-hydrogen) atoms. The van der Waals surface area contributed by atoms with Crippen molar-refractivity contribution in [2.24, 2.45) is 0 Å². The predicted molar refractivity (Wildman–Crippen MR) is 75.5 cm³/mol. The molecule has 0 amide bonds. The van der Waals surface area contributed by atoms with E-state index in [0.717, 1.165) is 49.4 Å². The molecule has 1 heterocycles. The first kappa shape index (κ1) is 13.7. The summed E-state index contributed by atoms with van der Waals surface area (Å²) < 4.78 is 0. The Hall–Kier alpha value is -0.770. The third-order valence-electron chi connectivity index (χ3n) is 3.95. The molecule has 2 rings (SSSR count). The molecular formula is C14H21ClN2O. The maximum absolute atomic E-state index is 9.94. The Bertz CT molecular complexity index is 425. The van der Waals surface area contributed by atoms with Gasteiger partial charge in [-0.1, -0.05) is 11.6 Å². The molecule has 4 heteroatoms. The van der Waals surface area contributed by atoms with Gasteiger partial charge in [0, 0.05) is 32.7 Å². The number of rotatable bonds is 2. The Labute approximate surface area is 114 Å². The van der Waals surface area contributed by atoms with Crippen molar-refractivity contribution in [3.8, 4) is 5.75 Å². The molecule has 0 bridgehead atoms. The van der Waals surface area contributed by atoms with Crippen molar-refractivity contribution >= 4 is 11.6 Å². The summed E-state index contributed by atoms with van der Waals surface area (Å²) in [5.41, 5.74) is 4.33. The van der Waals surface area contributed by atoms with Crippen LogP contribution in [0.1, 0.15) is 22.3 Å².